The number of hydrogen-bond donors (Lipinski definition) is 2. The third-order valence-electron chi connectivity index (χ3n) is 2.40. The van der Waals surface area contributed by atoms with Gasteiger partial charge in [0.1, 0.15) is 0 Å². The molecule has 2 aromatic rings. The van der Waals surface area contributed by atoms with Crippen molar-refractivity contribution < 1.29 is 13.0 Å². The first-order valence-corrected chi connectivity index (χ1v) is 7.84. The maximum Gasteiger partial charge on any atom is 0.266 e. The van der Waals surface area contributed by atoms with Gasteiger partial charge in [-0.2, -0.15) is 8.42 Å². The minimum absolute atomic E-state index is 0.211. The first-order chi connectivity index (χ1) is 9.47. The first kappa shape index (κ1) is 16.2. The fourth-order valence-corrected chi connectivity index (χ4v) is 1.77. The van der Waals surface area contributed by atoms with Crippen LogP contribution in [0.15, 0.2) is 60.7 Å². The lowest BCUT2D eigenvalue weighted by molar-refractivity contribution is 0.484. The first-order valence-electron chi connectivity index (χ1n) is 6.23. The van der Waals surface area contributed by atoms with Crippen molar-refractivity contribution in [1.29, 1.82) is 0 Å². The highest BCUT2D eigenvalue weighted by atomic mass is 32.2. The van der Waals surface area contributed by atoms with Crippen LogP contribution in [0.1, 0.15) is 5.56 Å². The topological polar surface area (TPSA) is 66.4 Å². The van der Waals surface area contributed by atoms with Crippen LogP contribution in [-0.2, 0) is 10.1 Å². The minimum Gasteiger partial charge on any atom is -0.384 e. The summed E-state index contributed by atoms with van der Waals surface area (Å²) in [6.07, 6.45) is 0. The molecule has 0 saturated heterocycles. The predicted octanol–water partition coefficient (Wildman–Crippen LogP) is 2.98. The van der Waals surface area contributed by atoms with E-state index in [2.05, 4.69) is 24.4 Å². The molecule has 0 atom stereocenters. The number of hydrogen-bond acceptors (Lipinski definition) is 3. The van der Waals surface area contributed by atoms with Crippen molar-refractivity contribution in [3.8, 4) is 0 Å². The van der Waals surface area contributed by atoms with Gasteiger partial charge >= 0.3 is 0 Å². The van der Waals surface area contributed by atoms with Gasteiger partial charge in [0.15, 0.2) is 0 Å². The molecule has 5 heteroatoms. The van der Waals surface area contributed by atoms with Gasteiger partial charge in [-0.25, -0.2) is 0 Å². The molecule has 0 amide bonds. The molecule has 2 rings (SSSR count). The molecule has 0 heterocycles. The SMILES string of the molecule is Cc1ccccc1.O=S(=O)(O)CCNc1ccccc1. The summed E-state index contributed by atoms with van der Waals surface area (Å²) in [5.74, 6) is -0.276. The van der Waals surface area contributed by atoms with E-state index >= 15 is 0 Å². The zero-order valence-electron chi connectivity index (χ0n) is 11.4. The van der Waals surface area contributed by atoms with E-state index in [0.717, 1.165) is 5.69 Å². The summed E-state index contributed by atoms with van der Waals surface area (Å²) >= 11 is 0. The molecular weight excluding hydrogens is 274 g/mol. The third-order valence-corrected chi connectivity index (χ3v) is 3.12. The summed E-state index contributed by atoms with van der Waals surface area (Å²) in [5.41, 5.74) is 2.16. The lowest BCUT2D eigenvalue weighted by Gasteiger charge is -2.03. The molecule has 108 valence electrons. The second kappa shape index (κ2) is 8.35. The average Bonchev–Trinajstić information content (AvgIpc) is 2.40. The molecule has 0 saturated carbocycles. The van der Waals surface area contributed by atoms with Crippen molar-refractivity contribution in [2.75, 3.05) is 17.6 Å². The number of para-hydroxylation sites is 1. The quantitative estimate of drug-likeness (QED) is 0.851. The van der Waals surface area contributed by atoms with Crippen molar-refractivity contribution in [1.82, 2.24) is 0 Å². The van der Waals surface area contributed by atoms with E-state index in [1.54, 1.807) is 0 Å². The Balaban J connectivity index is 0.000000240. The Kier molecular flexibility index (Phi) is 6.76. The third kappa shape index (κ3) is 8.29. The summed E-state index contributed by atoms with van der Waals surface area (Å²) in [6.45, 7) is 2.29. The Morgan fingerprint density at radius 2 is 1.45 bits per heavy atom. The molecule has 0 aliphatic heterocycles. The highest BCUT2D eigenvalue weighted by Gasteiger charge is 2.02. The number of benzene rings is 2. The standard InChI is InChI=1S/C8H11NO3S.C7H8/c10-13(11,12)7-6-9-8-4-2-1-3-5-8;1-7-5-3-2-4-6-7/h1-5,9H,6-7H2,(H,10,11,12);2-6H,1H3. The zero-order chi connectivity index (χ0) is 14.8. The zero-order valence-corrected chi connectivity index (χ0v) is 12.2. The lowest BCUT2D eigenvalue weighted by atomic mass is 10.2. The van der Waals surface area contributed by atoms with Gasteiger partial charge in [0, 0.05) is 12.2 Å². The summed E-state index contributed by atoms with van der Waals surface area (Å²) in [5, 5.41) is 2.86. The molecular formula is C15H19NO3S. The maximum absolute atomic E-state index is 10.3. The van der Waals surface area contributed by atoms with Crippen LogP contribution in [0.4, 0.5) is 5.69 Å². The lowest BCUT2D eigenvalue weighted by Crippen LogP contribution is -2.14. The Morgan fingerprint density at radius 3 is 1.85 bits per heavy atom. The molecule has 0 aliphatic carbocycles. The van der Waals surface area contributed by atoms with Gasteiger partial charge in [0.2, 0.25) is 0 Å². The number of anilines is 1. The van der Waals surface area contributed by atoms with Gasteiger partial charge in [-0.1, -0.05) is 54.1 Å². The van der Waals surface area contributed by atoms with Crippen LogP contribution in [0.25, 0.3) is 0 Å². The van der Waals surface area contributed by atoms with Gasteiger partial charge < -0.3 is 5.32 Å². The van der Waals surface area contributed by atoms with E-state index in [1.807, 2.05) is 48.5 Å². The summed E-state index contributed by atoms with van der Waals surface area (Å²) in [7, 11) is -3.86. The van der Waals surface area contributed by atoms with Crippen molar-refractivity contribution in [2.24, 2.45) is 0 Å². The van der Waals surface area contributed by atoms with Crippen LogP contribution in [0.2, 0.25) is 0 Å². The van der Waals surface area contributed by atoms with E-state index in [4.69, 9.17) is 4.55 Å². The van der Waals surface area contributed by atoms with Crippen LogP contribution >= 0.6 is 0 Å². The van der Waals surface area contributed by atoms with Crippen LogP contribution in [0.3, 0.4) is 0 Å². The highest BCUT2D eigenvalue weighted by Crippen LogP contribution is 2.03. The molecule has 0 aliphatic rings. The Hall–Kier alpha value is -1.85. The van der Waals surface area contributed by atoms with Crippen LogP contribution in [0, 0.1) is 6.92 Å². The van der Waals surface area contributed by atoms with E-state index in [1.165, 1.54) is 5.56 Å². The van der Waals surface area contributed by atoms with E-state index < -0.39 is 10.1 Å². The van der Waals surface area contributed by atoms with Crippen molar-refractivity contribution >= 4 is 15.8 Å². The summed E-state index contributed by atoms with van der Waals surface area (Å²) in [4.78, 5) is 0. The Bertz CT molecular complexity index is 583. The largest absolute Gasteiger partial charge is 0.384 e. The number of aryl methyl sites for hydroxylation is 1. The van der Waals surface area contributed by atoms with Crippen molar-refractivity contribution in [3.05, 3.63) is 66.2 Å². The maximum atomic E-state index is 10.3. The van der Waals surface area contributed by atoms with Crippen LogP contribution < -0.4 is 5.32 Å². The molecule has 20 heavy (non-hydrogen) atoms. The molecule has 0 radical (unpaired) electrons. The van der Waals surface area contributed by atoms with Gasteiger partial charge in [-0.3, -0.25) is 4.55 Å². The molecule has 4 nitrogen and oxygen atoms in total. The smallest absolute Gasteiger partial charge is 0.266 e. The average molecular weight is 293 g/mol. The Labute approximate surface area is 120 Å². The fraction of sp³-hybridized carbons (Fsp3) is 0.200. The van der Waals surface area contributed by atoms with Crippen molar-refractivity contribution in [2.45, 2.75) is 6.92 Å². The Morgan fingerprint density at radius 1 is 0.950 bits per heavy atom. The van der Waals surface area contributed by atoms with E-state index in [-0.39, 0.29) is 12.3 Å². The highest BCUT2D eigenvalue weighted by molar-refractivity contribution is 7.85. The minimum atomic E-state index is -3.86. The van der Waals surface area contributed by atoms with Gasteiger partial charge in [-0.15, -0.1) is 0 Å². The second-order valence-electron chi connectivity index (χ2n) is 4.23. The van der Waals surface area contributed by atoms with E-state index in [0.29, 0.717) is 0 Å². The molecule has 2 aromatic carbocycles. The molecule has 0 bridgehead atoms. The van der Waals surface area contributed by atoms with Gasteiger partial charge in [-0.05, 0) is 19.1 Å². The molecule has 0 fully saturated rings. The monoisotopic (exact) mass is 293 g/mol. The second-order valence-corrected chi connectivity index (χ2v) is 5.81. The van der Waals surface area contributed by atoms with Crippen LogP contribution in [0.5, 0.6) is 0 Å². The van der Waals surface area contributed by atoms with Crippen LogP contribution in [-0.4, -0.2) is 25.3 Å². The fourth-order valence-electron chi connectivity index (χ4n) is 1.41. The van der Waals surface area contributed by atoms with Gasteiger partial charge in [0.05, 0.1) is 5.75 Å². The van der Waals surface area contributed by atoms with Crippen molar-refractivity contribution in [3.63, 3.8) is 0 Å². The summed E-state index contributed by atoms with van der Waals surface area (Å²) in [6, 6.07) is 19.5. The number of nitrogens with one attached hydrogen (secondary N) is 1. The van der Waals surface area contributed by atoms with Gasteiger partial charge in [0.25, 0.3) is 10.1 Å². The molecule has 0 aromatic heterocycles. The summed E-state index contributed by atoms with van der Waals surface area (Å²) < 4.78 is 29.1. The predicted molar refractivity (Wildman–Crippen MR) is 82.5 cm³/mol. The molecule has 2 N–H and O–H groups in total. The number of rotatable bonds is 4. The molecule has 0 spiro atoms. The normalized spacial score (nSPS) is 10.3. The van der Waals surface area contributed by atoms with E-state index in [9.17, 15) is 8.42 Å². The molecule has 0 unspecified atom stereocenters.